The van der Waals surface area contributed by atoms with Crippen molar-refractivity contribution in [3.63, 3.8) is 0 Å². The Labute approximate surface area is 196 Å². The van der Waals surface area contributed by atoms with Gasteiger partial charge in [-0.3, -0.25) is 9.80 Å². The van der Waals surface area contributed by atoms with Gasteiger partial charge in [0.15, 0.2) is 0 Å². The van der Waals surface area contributed by atoms with Crippen LogP contribution in [0.2, 0.25) is 0 Å². The summed E-state index contributed by atoms with van der Waals surface area (Å²) in [4.78, 5) is 16.5. The Morgan fingerprint density at radius 2 is 1.82 bits per heavy atom. The van der Waals surface area contributed by atoms with Gasteiger partial charge in [-0.05, 0) is 45.0 Å². The average Bonchev–Trinajstić information content (AvgIpc) is 2.75. The molecule has 1 amide bonds. The first-order valence-corrected chi connectivity index (χ1v) is 11.5. The predicted molar refractivity (Wildman–Crippen MR) is 123 cm³/mol. The van der Waals surface area contributed by atoms with E-state index in [1.54, 1.807) is 31.4 Å². The SMILES string of the molecule is COC(COc1ccc(C#N)cc1)CN1CC2CN(CCNC(=O)OC(C)(C)C)CC(C1)O2. The number of carbonyl (C=O) groups excluding carboxylic acids is 1. The molecule has 182 valence electrons. The molecule has 0 aromatic heterocycles. The largest absolute Gasteiger partial charge is 0.491 e. The number of hydrogen-bond donors (Lipinski definition) is 1. The van der Waals surface area contributed by atoms with Crippen LogP contribution in [0.4, 0.5) is 4.79 Å². The quantitative estimate of drug-likeness (QED) is 0.597. The molecule has 2 bridgehead atoms. The van der Waals surface area contributed by atoms with Gasteiger partial charge in [-0.2, -0.15) is 5.26 Å². The Kier molecular flexibility index (Phi) is 8.92. The highest BCUT2D eigenvalue weighted by Crippen LogP contribution is 2.20. The van der Waals surface area contributed by atoms with Crippen molar-refractivity contribution in [2.24, 2.45) is 0 Å². The lowest BCUT2D eigenvalue weighted by atomic mass is 10.1. The van der Waals surface area contributed by atoms with E-state index in [9.17, 15) is 4.79 Å². The molecule has 9 heteroatoms. The van der Waals surface area contributed by atoms with Gasteiger partial charge in [0.1, 0.15) is 24.1 Å². The molecule has 1 N–H and O–H groups in total. The third-order valence-electron chi connectivity index (χ3n) is 5.54. The van der Waals surface area contributed by atoms with Gasteiger partial charge < -0.3 is 24.3 Å². The smallest absolute Gasteiger partial charge is 0.407 e. The molecule has 2 aliphatic heterocycles. The second-order valence-electron chi connectivity index (χ2n) is 9.59. The normalized spacial score (nSPS) is 22.3. The molecule has 1 aromatic rings. The first-order valence-electron chi connectivity index (χ1n) is 11.5. The van der Waals surface area contributed by atoms with Gasteiger partial charge in [0.25, 0.3) is 0 Å². The van der Waals surface area contributed by atoms with E-state index in [0.717, 1.165) is 45.0 Å². The first-order chi connectivity index (χ1) is 15.7. The number of fused-ring (bicyclic) bond motifs is 2. The third kappa shape index (κ3) is 8.48. The van der Waals surface area contributed by atoms with E-state index in [2.05, 4.69) is 21.2 Å². The summed E-state index contributed by atoms with van der Waals surface area (Å²) in [5.41, 5.74) is 0.122. The molecule has 2 fully saturated rings. The number of alkyl carbamates (subject to hydrolysis) is 1. The molecule has 2 heterocycles. The first kappa shape index (κ1) is 25.2. The number of carbonyl (C=O) groups is 1. The third-order valence-corrected chi connectivity index (χ3v) is 5.54. The highest BCUT2D eigenvalue weighted by Gasteiger charge is 2.35. The summed E-state index contributed by atoms with van der Waals surface area (Å²) in [5.74, 6) is 0.727. The average molecular weight is 461 g/mol. The minimum Gasteiger partial charge on any atom is -0.491 e. The maximum atomic E-state index is 11.8. The van der Waals surface area contributed by atoms with Crippen LogP contribution in [0.25, 0.3) is 0 Å². The van der Waals surface area contributed by atoms with Crippen LogP contribution in [-0.2, 0) is 14.2 Å². The molecule has 0 aliphatic carbocycles. The minimum atomic E-state index is -0.489. The number of benzene rings is 1. The molecule has 2 saturated heterocycles. The zero-order chi connectivity index (χ0) is 23.8. The highest BCUT2D eigenvalue weighted by molar-refractivity contribution is 5.67. The molecular formula is C24H36N4O5. The maximum absolute atomic E-state index is 11.8. The molecule has 1 aromatic carbocycles. The van der Waals surface area contributed by atoms with Crippen LogP contribution in [-0.4, -0.2) is 99.3 Å². The maximum Gasteiger partial charge on any atom is 0.407 e. The number of nitrogens with one attached hydrogen (secondary N) is 1. The van der Waals surface area contributed by atoms with Crippen molar-refractivity contribution < 1.29 is 23.7 Å². The lowest BCUT2D eigenvalue weighted by Crippen LogP contribution is -2.61. The number of hydrogen-bond acceptors (Lipinski definition) is 8. The molecule has 3 rings (SSSR count). The second kappa shape index (κ2) is 11.7. The van der Waals surface area contributed by atoms with Crippen molar-refractivity contribution in [3.8, 4) is 11.8 Å². The Bertz CT molecular complexity index is 791. The number of morpholine rings is 2. The Hall–Kier alpha value is -2.38. The number of nitriles is 1. The molecule has 0 radical (unpaired) electrons. The number of ether oxygens (including phenoxy) is 4. The molecule has 2 aliphatic rings. The zero-order valence-corrected chi connectivity index (χ0v) is 20.1. The van der Waals surface area contributed by atoms with E-state index in [0.29, 0.717) is 18.7 Å². The van der Waals surface area contributed by atoms with E-state index in [1.807, 2.05) is 20.8 Å². The monoisotopic (exact) mass is 460 g/mol. The highest BCUT2D eigenvalue weighted by atomic mass is 16.6. The van der Waals surface area contributed by atoms with Crippen molar-refractivity contribution in [1.29, 1.82) is 5.26 Å². The summed E-state index contributed by atoms with van der Waals surface area (Å²) in [6.45, 7) is 11.4. The van der Waals surface area contributed by atoms with Crippen LogP contribution in [0, 0.1) is 11.3 Å². The topological polar surface area (TPSA) is 96.3 Å². The van der Waals surface area contributed by atoms with E-state index < -0.39 is 5.60 Å². The zero-order valence-electron chi connectivity index (χ0n) is 20.1. The molecule has 3 atom stereocenters. The van der Waals surface area contributed by atoms with Gasteiger partial charge in [0, 0.05) is 52.9 Å². The van der Waals surface area contributed by atoms with Crippen molar-refractivity contribution in [2.75, 3.05) is 59.5 Å². The van der Waals surface area contributed by atoms with Crippen LogP contribution >= 0.6 is 0 Å². The van der Waals surface area contributed by atoms with Crippen LogP contribution in [0.3, 0.4) is 0 Å². The standard InChI is InChI=1S/C24H36N4O5/c1-24(2,3)33-23(29)26-9-10-27-12-20-14-28(15-21(13-27)32-20)16-22(30-4)17-31-19-7-5-18(11-25)6-8-19/h5-8,20-22H,9-10,12-17H2,1-4H3,(H,26,29). The molecule has 9 nitrogen and oxygen atoms in total. The second-order valence-corrected chi connectivity index (χ2v) is 9.59. The number of rotatable bonds is 9. The Morgan fingerprint density at radius 3 is 2.39 bits per heavy atom. The van der Waals surface area contributed by atoms with Crippen molar-refractivity contribution in [2.45, 2.75) is 44.7 Å². The fourth-order valence-electron chi connectivity index (χ4n) is 4.12. The van der Waals surface area contributed by atoms with Crippen LogP contribution in [0.15, 0.2) is 24.3 Å². The minimum absolute atomic E-state index is 0.0615. The molecule has 0 saturated carbocycles. The molecule has 3 unspecified atom stereocenters. The fourth-order valence-corrected chi connectivity index (χ4v) is 4.12. The van der Waals surface area contributed by atoms with Crippen LogP contribution < -0.4 is 10.1 Å². The van der Waals surface area contributed by atoms with Gasteiger partial charge >= 0.3 is 6.09 Å². The summed E-state index contributed by atoms with van der Waals surface area (Å²) in [5, 5.41) is 11.7. The van der Waals surface area contributed by atoms with Crippen molar-refractivity contribution >= 4 is 6.09 Å². The predicted octanol–water partition coefficient (Wildman–Crippen LogP) is 1.86. The van der Waals surface area contributed by atoms with Crippen LogP contribution in [0.1, 0.15) is 26.3 Å². The van der Waals surface area contributed by atoms with Crippen molar-refractivity contribution in [3.05, 3.63) is 29.8 Å². The molecule has 33 heavy (non-hydrogen) atoms. The summed E-state index contributed by atoms with van der Waals surface area (Å²) in [7, 11) is 1.70. The summed E-state index contributed by atoms with van der Waals surface area (Å²) >= 11 is 0. The van der Waals surface area contributed by atoms with Gasteiger partial charge in [-0.1, -0.05) is 0 Å². The number of nitrogens with zero attached hydrogens (tertiary/aromatic N) is 3. The van der Waals surface area contributed by atoms with E-state index in [-0.39, 0.29) is 24.4 Å². The van der Waals surface area contributed by atoms with E-state index in [4.69, 9.17) is 24.2 Å². The van der Waals surface area contributed by atoms with Gasteiger partial charge in [0.2, 0.25) is 0 Å². The van der Waals surface area contributed by atoms with Gasteiger partial charge in [0.05, 0.1) is 23.8 Å². The molecule has 0 spiro atoms. The van der Waals surface area contributed by atoms with Crippen LogP contribution in [0.5, 0.6) is 5.75 Å². The van der Waals surface area contributed by atoms with Crippen molar-refractivity contribution in [1.82, 2.24) is 15.1 Å². The number of methoxy groups -OCH3 is 1. The lowest BCUT2D eigenvalue weighted by molar-refractivity contribution is -0.144. The van der Waals surface area contributed by atoms with Gasteiger partial charge in [-0.15, -0.1) is 0 Å². The number of amides is 1. The fraction of sp³-hybridized carbons (Fsp3) is 0.667. The summed E-state index contributed by atoms with van der Waals surface area (Å²) < 4.78 is 22.9. The summed E-state index contributed by atoms with van der Waals surface area (Å²) in [6.07, 6.45) is -0.170. The van der Waals surface area contributed by atoms with E-state index >= 15 is 0 Å². The Balaban J connectivity index is 1.39. The Morgan fingerprint density at radius 1 is 1.18 bits per heavy atom. The summed E-state index contributed by atoms with van der Waals surface area (Å²) in [6, 6.07) is 9.20. The lowest BCUT2D eigenvalue weighted by Gasteiger charge is -2.46. The van der Waals surface area contributed by atoms with E-state index in [1.165, 1.54) is 0 Å². The molecular weight excluding hydrogens is 424 g/mol. The van der Waals surface area contributed by atoms with Gasteiger partial charge in [-0.25, -0.2) is 4.79 Å².